The average molecular weight is 293 g/mol. The lowest BCUT2D eigenvalue weighted by Crippen LogP contribution is -2.51. The second-order valence-corrected chi connectivity index (χ2v) is 6.30. The Kier molecular flexibility index (Phi) is 4.34. The van der Waals surface area contributed by atoms with Crippen LogP contribution in [-0.4, -0.2) is 26.2 Å². The van der Waals surface area contributed by atoms with Crippen LogP contribution >= 0.6 is 0 Å². The monoisotopic (exact) mass is 293 g/mol. The maximum atomic E-state index is 12.4. The first-order valence-corrected chi connectivity index (χ1v) is 7.44. The third kappa shape index (κ3) is 3.09. The maximum absolute atomic E-state index is 12.4. The van der Waals surface area contributed by atoms with Crippen LogP contribution in [0.5, 0.6) is 0 Å². The Morgan fingerprint density at radius 3 is 2.86 bits per heavy atom. The predicted molar refractivity (Wildman–Crippen MR) is 80.5 cm³/mol. The van der Waals surface area contributed by atoms with Crippen molar-refractivity contribution in [1.29, 1.82) is 0 Å². The zero-order valence-corrected chi connectivity index (χ0v) is 12.8. The lowest BCUT2D eigenvalue weighted by Gasteiger charge is -2.37. The summed E-state index contributed by atoms with van der Waals surface area (Å²) in [5.74, 6) is -0.462. The van der Waals surface area contributed by atoms with Crippen molar-refractivity contribution in [3.63, 3.8) is 0 Å². The molecule has 2 atom stereocenters. The fourth-order valence-electron chi connectivity index (χ4n) is 3.06. The van der Waals surface area contributed by atoms with Crippen LogP contribution < -0.4 is 10.9 Å². The number of carbonyl (C=O) groups is 1. The second kappa shape index (κ2) is 5.87. The molecule has 1 heterocycles. The molecule has 1 aromatic heterocycles. The number of hydrogen-bond donors (Lipinski definition) is 2. The Hall–Kier alpha value is -1.85. The molecular weight excluding hydrogens is 270 g/mol. The van der Waals surface area contributed by atoms with Crippen molar-refractivity contribution in [2.75, 3.05) is 5.32 Å². The van der Waals surface area contributed by atoms with E-state index in [4.69, 9.17) is 0 Å². The molecule has 1 fully saturated rings. The summed E-state index contributed by atoms with van der Waals surface area (Å²) in [6, 6.07) is 0.00658. The first-order valence-electron chi connectivity index (χ1n) is 7.44. The molecule has 6 heteroatoms. The summed E-state index contributed by atoms with van der Waals surface area (Å²) in [6.45, 7) is 5.85. The van der Waals surface area contributed by atoms with Crippen LogP contribution in [0.15, 0.2) is 17.2 Å². The summed E-state index contributed by atoms with van der Waals surface area (Å²) >= 11 is 0. The summed E-state index contributed by atoms with van der Waals surface area (Å²) in [7, 11) is 0. The molecule has 0 saturated heterocycles. The molecule has 0 aliphatic heterocycles. The second-order valence-electron chi connectivity index (χ2n) is 6.30. The largest absolute Gasteiger partial charge is 0.480 e. The van der Waals surface area contributed by atoms with Crippen molar-refractivity contribution in [3.05, 3.63) is 22.7 Å². The summed E-state index contributed by atoms with van der Waals surface area (Å²) < 4.78 is 1.55. The van der Waals surface area contributed by atoms with Gasteiger partial charge in [-0.2, -0.15) is 0 Å². The Morgan fingerprint density at radius 2 is 2.29 bits per heavy atom. The minimum Gasteiger partial charge on any atom is -0.480 e. The van der Waals surface area contributed by atoms with Crippen LogP contribution in [-0.2, 0) is 4.79 Å². The van der Waals surface area contributed by atoms with Crippen LogP contribution in [0, 0.1) is 5.92 Å². The number of carboxylic acids is 1. The number of rotatable bonds is 4. The maximum Gasteiger partial charge on any atom is 0.329 e. The van der Waals surface area contributed by atoms with E-state index in [1.165, 1.54) is 6.20 Å². The first-order chi connectivity index (χ1) is 9.85. The highest BCUT2D eigenvalue weighted by Crippen LogP contribution is 2.34. The first kappa shape index (κ1) is 15.5. The highest BCUT2D eigenvalue weighted by Gasteiger charge is 2.42. The summed E-state index contributed by atoms with van der Waals surface area (Å²) in [4.78, 5) is 28.2. The van der Waals surface area contributed by atoms with Gasteiger partial charge in [0.25, 0.3) is 5.56 Å². The average Bonchev–Trinajstić information content (AvgIpc) is 2.40. The lowest BCUT2D eigenvalue weighted by molar-refractivity contribution is -0.144. The number of hydrogen-bond acceptors (Lipinski definition) is 4. The summed E-state index contributed by atoms with van der Waals surface area (Å²) in [6.07, 6.45) is 6.05. The SMILES string of the molecule is CC1CCCC(Nc2nccn(C(C)C)c2=O)(C(=O)O)C1. The molecule has 1 aliphatic carbocycles. The quantitative estimate of drug-likeness (QED) is 0.889. The van der Waals surface area contributed by atoms with Crippen LogP contribution in [0.3, 0.4) is 0 Å². The van der Waals surface area contributed by atoms with E-state index in [0.29, 0.717) is 18.8 Å². The fraction of sp³-hybridized carbons (Fsp3) is 0.667. The molecule has 0 aromatic carbocycles. The minimum atomic E-state index is -1.08. The summed E-state index contributed by atoms with van der Waals surface area (Å²) in [5, 5.41) is 12.6. The Bertz CT molecular complexity index is 582. The van der Waals surface area contributed by atoms with Crippen LogP contribution in [0.4, 0.5) is 5.82 Å². The molecule has 116 valence electrons. The van der Waals surface area contributed by atoms with Gasteiger partial charge in [0.2, 0.25) is 0 Å². The van der Waals surface area contributed by atoms with Crippen molar-refractivity contribution in [3.8, 4) is 0 Å². The van der Waals surface area contributed by atoms with Gasteiger partial charge in [-0.25, -0.2) is 9.78 Å². The van der Waals surface area contributed by atoms with E-state index in [1.807, 2.05) is 20.8 Å². The van der Waals surface area contributed by atoms with Gasteiger partial charge >= 0.3 is 5.97 Å². The van der Waals surface area contributed by atoms with E-state index in [1.54, 1.807) is 10.8 Å². The standard InChI is InChI=1S/C15H23N3O3/c1-10(2)18-8-7-16-12(13(18)19)17-15(14(20)21)6-4-5-11(3)9-15/h7-8,10-11H,4-6,9H2,1-3H3,(H,16,17)(H,20,21). The van der Waals surface area contributed by atoms with Gasteiger partial charge in [0.1, 0.15) is 5.54 Å². The molecule has 2 unspecified atom stereocenters. The fourth-order valence-corrected chi connectivity index (χ4v) is 3.06. The van der Waals surface area contributed by atoms with Gasteiger partial charge in [-0.1, -0.05) is 19.8 Å². The number of aliphatic carboxylic acids is 1. The molecule has 0 amide bonds. The Balaban J connectivity index is 2.36. The molecule has 1 saturated carbocycles. The Morgan fingerprint density at radius 1 is 1.57 bits per heavy atom. The van der Waals surface area contributed by atoms with Crippen LogP contribution in [0.1, 0.15) is 52.5 Å². The van der Waals surface area contributed by atoms with Crippen molar-refractivity contribution in [2.24, 2.45) is 5.92 Å². The van der Waals surface area contributed by atoms with E-state index in [-0.39, 0.29) is 17.4 Å². The van der Waals surface area contributed by atoms with Gasteiger partial charge in [0.15, 0.2) is 5.82 Å². The van der Waals surface area contributed by atoms with Crippen molar-refractivity contribution < 1.29 is 9.90 Å². The Labute approximate surface area is 124 Å². The third-order valence-electron chi connectivity index (χ3n) is 4.19. The molecule has 2 rings (SSSR count). The molecule has 0 spiro atoms. The zero-order chi connectivity index (χ0) is 15.6. The van der Waals surface area contributed by atoms with Gasteiger partial charge in [0.05, 0.1) is 0 Å². The van der Waals surface area contributed by atoms with Crippen molar-refractivity contribution in [1.82, 2.24) is 9.55 Å². The van der Waals surface area contributed by atoms with E-state index in [9.17, 15) is 14.7 Å². The molecule has 1 aliphatic rings. The molecular formula is C15H23N3O3. The number of aromatic nitrogens is 2. The van der Waals surface area contributed by atoms with Crippen molar-refractivity contribution >= 4 is 11.8 Å². The van der Waals surface area contributed by atoms with E-state index in [0.717, 1.165) is 12.8 Å². The van der Waals surface area contributed by atoms with Crippen LogP contribution in [0.2, 0.25) is 0 Å². The normalized spacial score (nSPS) is 25.8. The number of carboxylic acid groups (broad SMARTS) is 1. The van der Waals surface area contributed by atoms with E-state index < -0.39 is 11.5 Å². The summed E-state index contributed by atoms with van der Waals surface area (Å²) in [5.41, 5.74) is -1.36. The van der Waals surface area contributed by atoms with Crippen LogP contribution in [0.25, 0.3) is 0 Å². The number of nitrogens with zero attached hydrogens (tertiary/aromatic N) is 2. The predicted octanol–water partition coefficient (Wildman–Crippen LogP) is 2.27. The molecule has 2 N–H and O–H groups in total. The smallest absolute Gasteiger partial charge is 0.329 e. The minimum absolute atomic E-state index is 0.00658. The van der Waals surface area contributed by atoms with Gasteiger partial charge in [-0.15, -0.1) is 0 Å². The number of anilines is 1. The van der Waals surface area contributed by atoms with Gasteiger partial charge in [-0.05, 0) is 32.6 Å². The van der Waals surface area contributed by atoms with Crippen molar-refractivity contribution in [2.45, 2.75) is 58.0 Å². The number of nitrogens with one attached hydrogen (secondary N) is 1. The zero-order valence-electron chi connectivity index (χ0n) is 12.8. The third-order valence-corrected chi connectivity index (χ3v) is 4.19. The topological polar surface area (TPSA) is 84.2 Å². The van der Waals surface area contributed by atoms with Gasteiger partial charge in [-0.3, -0.25) is 4.79 Å². The molecule has 1 aromatic rings. The van der Waals surface area contributed by atoms with E-state index >= 15 is 0 Å². The lowest BCUT2D eigenvalue weighted by atomic mass is 9.76. The molecule has 0 radical (unpaired) electrons. The highest BCUT2D eigenvalue weighted by atomic mass is 16.4. The van der Waals surface area contributed by atoms with Gasteiger partial charge in [0, 0.05) is 18.4 Å². The van der Waals surface area contributed by atoms with Gasteiger partial charge < -0.3 is 15.0 Å². The molecule has 0 bridgehead atoms. The van der Waals surface area contributed by atoms with E-state index in [2.05, 4.69) is 10.3 Å². The molecule has 6 nitrogen and oxygen atoms in total. The highest BCUT2D eigenvalue weighted by molar-refractivity contribution is 5.82. The molecule has 21 heavy (non-hydrogen) atoms.